The van der Waals surface area contributed by atoms with Crippen LogP contribution >= 0.6 is 35.8 Å². The average molecular weight is 938 g/mol. The van der Waals surface area contributed by atoms with E-state index in [1.807, 2.05) is 13.3 Å². The Balaban J connectivity index is 0.0000192. The Morgan fingerprint density at radius 1 is 0.694 bits per heavy atom. The van der Waals surface area contributed by atoms with Crippen LogP contribution in [0.5, 0.6) is 0 Å². The lowest BCUT2D eigenvalue weighted by Gasteiger charge is -2.45. The fraction of sp³-hybridized carbons (Fsp3) is 0.940. The van der Waals surface area contributed by atoms with E-state index >= 15 is 0 Å². The Hall–Kier alpha value is -0.780. The molecule has 0 saturated carbocycles. The van der Waals surface area contributed by atoms with E-state index in [0.29, 0.717) is 12.3 Å². The molecule has 366 valence electrons. The summed E-state index contributed by atoms with van der Waals surface area (Å²) in [7, 11) is 1.97. The highest BCUT2D eigenvalue weighted by Crippen LogP contribution is 2.39. The first kappa shape index (κ1) is 59.2. The van der Waals surface area contributed by atoms with Crippen molar-refractivity contribution in [2.24, 2.45) is 17.8 Å². The van der Waals surface area contributed by atoms with Crippen LogP contribution in [0.25, 0.3) is 0 Å². The number of hydrogen-bond donors (Lipinski definition) is 2. The largest absolute Gasteiger partial charge is 0.465 e. The summed E-state index contributed by atoms with van der Waals surface area (Å²) in [6.07, 6.45) is 33.9. The van der Waals surface area contributed by atoms with Crippen molar-refractivity contribution in [1.82, 2.24) is 10.2 Å². The van der Waals surface area contributed by atoms with E-state index in [4.69, 9.17) is 25.8 Å². The lowest BCUT2D eigenvalue weighted by molar-refractivity contribution is -0.197. The fourth-order valence-corrected chi connectivity index (χ4v) is 10.5. The zero-order valence-corrected chi connectivity index (χ0v) is 42.8. The molecule has 12 heteroatoms. The summed E-state index contributed by atoms with van der Waals surface area (Å²) < 4.78 is 18.2. The Kier molecular flexibility index (Phi) is 35.7. The number of thioether (sulfide) groups is 1. The molecule has 2 heterocycles. The molecular formula is C50H94Cl2N2O7S. The van der Waals surface area contributed by atoms with E-state index in [1.165, 1.54) is 140 Å². The van der Waals surface area contributed by atoms with Gasteiger partial charge in [-0.1, -0.05) is 181 Å². The van der Waals surface area contributed by atoms with Crippen LogP contribution in [0.3, 0.4) is 0 Å². The monoisotopic (exact) mass is 937 g/mol. The second-order valence-corrected chi connectivity index (χ2v) is 20.2. The predicted molar refractivity (Wildman–Crippen MR) is 262 cm³/mol. The Bertz CT molecular complexity index is 1140. The van der Waals surface area contributed by atoms with E-state index in [0.717, 1.165) is 57.9 Å². The van der Waals surface area contributed by atoms with Gasteiger partial charge >= 0.3 is 11.9 Å². The lowest BCUT2D eigenvalue weighted by Crippen LogP contribution is -2.64. The van der Waals surface area contributed by atoms with Gasteiger partial charge in [0.05, 0.1) is 42.9 Å². The average Bonchev–Trinajstić information content (AvgIpc) is 3.61. The summed E-state index contributed by atoms with van der Waals surface area (Å²) >= 11 is 8.11. The van der Waals surface area contributed by atoms with Crippen molar-refractivity contribution >= 4 is 53.6 Å². The summed E-state index contributed by atoms with van der Waals surface area (Å²) in [6.45, 7) is 9.75. The number of likely N-dealkylation sites (N-methyl/N-ethyl adjacent to an activating group) is 1. The third-order valence-corrected chi connectivity index (χ3v) is 14.4. The molecule has 1 amide bonds. The molecule has 2 aliphatic heterocycles. The van der Waals surface area contributed by atoms with Gasteiger partial charge in [-0.05, 0) is 51.8 Å². The van der Waals surface area contributed by atoms with Crippen LogP contribution in [-0.2, 0) is 28.6 Å². The van der Waals surface area contributed by atoms with Crippen molar-refractivity contribution in [2.45, 2.75) is 249 Å². The Labute approximate surface area is 395 Å². The molecule has 0 aromatic carbocycles. The number of likely N-dealkylation sites (tertiary alicyclic amines) is 1. The molecule has 0 aromatic rings. The van der Waals surface area contributed by atoms with E-state index in [1.54, 1.807) is 6.92 Å². The van der Waals surface area contributed by atoms with Crippen molar-refractivity contribution in [3.05, 3.63) is 0 Å². The van der Waals surface area contributed by atoms with Crippen molar-refractivity contribution in [3.8, 4) is 0 Å². The number of amides is 1. The maximum absolute atomic E-state index is 14.0. The molecule has 0 aromatic heterocycles. The van der Waals surface area contributed by atoms with Gasteiger partial charge in [-0.2, -0.15) is 0 Å². The number of alkyl halides is 1. The van der Waals surface area contributed by atoms with Crippen LogP contribution in [0.15, 0.2) is 0 Å². The molecule has 2 aliphatic rings. The first-order chi connectivity index (χ1) is 29.6. The van der Waals surface area contributed by atoms with Crippen molar-refractivity contribution in [1.29, 1.82) is 0 Å². The standard InChI is InChI=1S/C50H93ClN2O7S.ClH/c1-7-10-12-14-16-18-20-22-24-26-28-30-32-35-58-48(56)42-45(54)43(49(57)59-36-33-31-29-27-25-23-21-19-17-15-13-11-8-2)50(61-6)60-46(42)44(39(4)51)52-47(55)41-37-40(34-9-3)38-53(41)5;/h39-46,50,54H,7-38H2,1-6H3,(H,52,55);1H/t39-,40+,41-,42+,43-,44+,45-,46-,50+;/m0./s1. The molecule has 2 N–H and O–H groups in total. The summed E-state index contributed by atoms with van der Waals surface area (Å²) in [4.78, 5) is 43.7. The highest BCUT2D eigenvalue weighted by atomic mass is 35.5. The molecule has 62 heavy (non-hydrogen) atoms. The van der Waals surface area contributed by atoms with E-state index in [2.05, 4.69) is 31.0 Å². The van der Waals surface area contributed by atoms with Crippen LogP contribution in [-0.4, -0.2) is 96.0 Å². The van der Waals surface area contributed by atoms with Gasteiger partial charge in [0, 0.05) is 6.54 Å². The van der Waals surface area contributed by atoms with Crippen LogP contribution in [0.1, 0.15) is 214 Å². The maximum Gasteiger partial charge on any atom is 0.315 e. The molecule has 0 radical (unpaired) electrons. The zero-order valence-electron chi connectivity index (χ0n) is 40.4. The topological polar surface area (TPSA) is 114 Å². The summed E-state index contributed by atoms with van der Waals surface area (Å²) in [6, 6.07) is -1.14. The number of ether oxygens (including phenoxy) is 3. The van der Waals surface area contributed by atoms with Gasteiger partial charge in [0.2, 0.25) is 5.91 Å². The molecule has 0 bridgehead atoms. The van der Waals surface area contributed by atoms with Crippen molar-refractivity contribution in [3.63, 3.8) is 0 Å². The molecule has 0 spiro atoms. The number of nitrogens with one attached hydrogen (secondary N) is 1. The Morgan fingerprint density at radius 3 is 1.48 bits per heavy atom. The third-order valence-electron chi connectivity index (χ3n) is 13.2. The summed E-state index contributed by atoms with van der Waals surface area (Å²) in [5.74, 6) is -3.28. The van der Waals surface area contributed by atoms with Gasteiger partial charge in [-0.25, -0.2) is 0 Å². The van der Waals surface area contributed by atoms with Gasteiger partial charge in [0.1, 0.15) is 17.3 Å². The normalized spacial score (nSPS) is 23.7. The summed E-state index contributed by atoms with van der Waals surface area (Å²) in [5.41, 5.74) is -0.804. The number of carbonyl (C=O) groups excluding carboxylic acids is 3. The number of rotatable bonds is 37. The third kappa shape index (κ3) is 23.6. The van der Waals surface area contributed by atoms with E-state index in [-0.39, 0.29) is 37.6 Å². The van der Waals surface area contributed by atoms with Crippen LogP contribution < -0.4 is 5.32 Å². The van der Waals surface area contributed by atoms with Gasteiger partial charge < -0.3 is 24.6 Å². The molecule has 2 rings (SSSR count). The summed E-state index contributed by atoms with van der Waals surface area (Å²) in [5, 5.41) is 14.5. The fourth-order valence-electron chi connectivity index (χ4n) is 9.46. The maximum atomic E-state index is 14.0. The van der Waals surface area contributed by atoms with Crippen molar-refractivity contribution < 1.29 is 33.7 Å². The van der Waals surface area contributed by atoms with Crippen molar-refractivity contribution in [2.75, 3.05) is 33.1 Å². The zero-order chi connectivity index (χ0) is 44.7. The quantitative estimate of drug-likeness (QED) is 0.0357. The lowest BCUT2D eigenvalue weighted by atomic mass is 9.80. The SMILES string of the molecule is CCCCCCCCCCCCCCCOC(=O)[C@@H]1[C@H](O)[C@@H](C(=O)OCCCCCCCCCCCCCCC)[C@@H](SC)O[C@@H]1[C@H](NC(=O)[C@@H]1C[C@@H](CCC)CN1C)[C@H](C)Cl.Cl. The number of nitrogens with zero attached hydrogens (tertiary/aromatic N) is 1. The number of halogens is 2. The van der Waals surface area contributed by atoms with E-state index in [9.17, 15) is 19.5 Å². The minimum absolute atomic E-state index is 0. The van der Waals surface area contributed by atoms with Crippen LogP contribution in [0.2, 0.25) is 0 Å². The number of unbranched alkanes of at least 4 members (excludes halogenated alkanes) is 24. The number of aliphatic hydroxyl groups excluding tert-OH is 1. The molecule has 9 nitrogen and oxygen atoms in total. The molecule has 9 atom stereocenters. The molecule has 2 saturated heterocycles. The highest BCUT2D eigenvalue weighted by Gasteiger charge is 2.55. The molecule has 0 aliphatic carbocycles. The smallest absolute Gasteiger partial charge is 0.315 e. The molecular weight excluding hydrogens is 844 g/mol. The van der Waals surface area contributed by atoms with Gasteiger partial charge in [-0.15, -0.1) is 35.8 Å². The Morgan fingerprint density at radius 2 is 1.10 bits per heavy atom. The number of aliphatic hydroxyl groups is 1. The first-order valence-corrected chi connectivity index (χ1v) is 27.2. The molecule has 2 fully saturated rings. The highest BCUT2D eigenvalue weighted by molar-refractivity contribution is 7.99. The second kappa shape index (κ2) is 37.3. The first-order valence-electron chi connectivity index (χ1n) is 25.4. The van der Waals surface area contributed by atoms with Crippen LogP contribution in [0.4, 0.5) is 0 Å². The van der Waals surface area contributed by atoms with Gasteiger partial charge in [0.15, 0.2) is 0 Å². The molecule has 0 unspecified atom stereocenters. The number of esters is 2. The van der Waals surface area contributed by atoms with E-state index < -0.39 is 52.8 Å². The number of carbonyl (C=O) groups is 3. The minimum atomic E-state index is -1.44. The van der Waals surface area contributed by atoms with Gasteiger partial charge in [0.25, 0.3) is 0 Å². The number of hydrogen-bond acceptors (Lipinski definition) is 9. The van der Waals surface area contributed by atoms with Gasteiger partial charge in [-0.3, -0.25) is 19.3 Å². The van der Waals surface area contributed by atoms with Crippen LogP contribution in [0, 0.1) is 17.8 Å². The minimum Gasteiger partial charge on any atom is -0.465 e. The predicted octanol–water partition coefficient (Wildman–Crippen LogP) is 12.6. The second-order valence-electron chi connectivity index (χ2n) is 18.6.